The molecule has 2 aromatic rings. The van der Waals surface area contributed by atoms with E-state index in [1.807, 2.05) is 24.0 Å². The number of rotatable bonds is 2. The molecule has 1 atom stereocenters. The predicted octanol–water partition coefficient (Wildman–Crippen LogP) is 2.90. The molecular formula is C15H19N3. The maximum atomic E-state index is 4.38. The number of aryl methyl sites for hydroxylation is 1. The van der Waals surface area contributed by atoms with Crippen molar-refractivity contribution in [2.75, 3.05) is 6.54 Å². The molecule has 1 aromatic carbocycles. The highest BCUT2D eigenvalue weighted by atomic mass is 15.0. The zero-order chi connectivity index (χ0) is 12.4. The average Bonchev–Trinajstić information content (AvgIpc) is 2.86. The zero-order valence-corrected chi connectivity index (χ0v) is 10.8. The van der Waals surface area contributed by atoms with E-state index in [-0.39, 0.29) is 0 Å². The van der Waals surface area contributed by atoms with Gasteiger partial charge in [-0.25, -0.2) is 4.98 Å². The number of benzene rings is 1. The number of nitrogens with zero attached hydrogens (tertiary/aromatic N) is 2. The SMILES string of the molecule is Cn1ccnc1-c1ccc(C2CCCCN2)cc1. The Labute approximate surface area is 108 Å². The van der Waals surface area contributed by atoms with Crippen LogP contribution < -0.4 is 5.32 Å². The van der Waals surface area contributed by atoms with Gasteiger partial charge >= 0.3 is 0 Å². The fraction of sp³-hybridized carbons (Fsp3) is 0.400. The molecular weight excluding hydrogens is 222 g/mol. The Hall–Kier alpha value is -1.61. The standard InChI is InChI=1S/C15H19N3/c1-18-11-10-17-15(18)13-7-5-12(6-8-13)14-4-2-3-9-16-14/h5-8,10-11,14,16H,2-4,9H2,1H3. The minimum Gasteiger partial charge on any atom is -0.334 e. The van der Waals surface area contributed by atoms with Gasteiger partial charge in [0.1, 0.15) is 5.82 Å². The minimum absolute atomic E-state index is 0.536. The molecule has 2 heterocycles. The fourth-order valence-corrected chi connectivity index (χ4v) is 2.64. The van der Waals surface area contributed by atoms with Gasteiger partial charge in [0, 0.05) is 31.0 Å². The Kier molecular flexibility index (Phi) is 3.15. The van der Waals surface area contributed by atoms with Gasteiger partial charge in [-0.3, -0.25) is 0 Å². The number of piperidine rings is 1. The van der Waals surface area contributed by atoms with Crippen LogP contribution in [0, 0.1) is 0 Å². The van der Waals surface area contributed by atoms with Gasteiger partial charge < -0.3 is 9.88 Å². The van der Waals surface area contributed by atoms with Crippen molar-refractivity contribution in [3.8, 4) is 11.4 Å². The van der Waals surface area contributed by atoms with Crippen molar-refractivity contribution in [2.24, 2.45) is 7.05 Å². The lowest BCUT2D eigenvalue weighted by molar-refractivity contribution is 0.412. The molecule has 1 unspecified atom stereocenters. The first kappa shape index (κ1) is 11.5. The van der Waals surface area contributed by atoms with Crippen molar-refractivity contribution in [3.05, 3.63) is 42.2 Å². The summed E-state index contributed by atoms with van der Waals surface area (Å²) in [6, 6.07) is 9.34. The van der Waals surface area contributed by atoms with E-state index in [9.17, 15) is 0 Å². The molecule has 0 saturated carbocycles. The summed E-state index contributed by atoms with van der Waals surface area (Å²) in [5, 5.41) is 3.58. The molecule has 0 bridgehead atoms. The second-order valence-corrected chi connectivity index (χ2v) is 4.99. The van der Waals surface area contributed by atoms with Crippen LogP contribution in [0.25, 0.3) is 11.4 Å². The van der Waals surface area contributed by atoms with Gasteiger partial charge in [0.25, 0.3) is 0 Å². The lowest BCUT2D eigenvalue weighted by Gasteiger charge is -2.23. The van der Waals surface area contributed by atoms with Crippen LogP contribution in [0.4, 0.5) is 0 Å². The summed E-state index contributed by atoms with van der Waals surface area (Å²) in [7, 11) is 2.03. The molecule has 0 aliphatic carbocycles. The second kappa shape index (κ2) is 4.94. The highest BCUT2D eigenvalue weighted by molar-refractivity contribution is 5.56. The van der Waals surface area contributed by atoms with E-state index < -0.39 is 0 Å². The quantitative estimate of drug-likeness (QED) is 0.876. The van der Waals surface area contributed by atoms with Crippen LogP contribution >= 0.6 is 0 Å². The highest BCUT2D eigenvalue weighted by Crippen LogP contribution is 2.25. The number of imidazole rings is 1. The molecule has 1 aliphatic heterocycles. The molecule has 1 saturated heterocycles. The molecule has 0 radical (unpaired) electrons. The minimum atomic E-state index is 0.536. The Morgan fingerprint density at radius 2 is 2.06 bits per heavy atom. The summed E-state index contributed by atoms with van der Waals surface area (Å²) in [5.41, 5.74) is 2.58. The van der Waals surface area contributed by atoms with Gasteiger partial charge in [0.15, 0.2) is 0 Å². The van der Waals surface area contributed by atoms with E-state index in [1.165, 1.54) is 30.4 Å². The molecule has 94 valence electrons. The van der Waals surface area contributed by atoms with Crippen LogP contribution in [0.2, 0.25) is 0 Å². The van der Waals surface area contributed by atoms with E-state index in [0.29, 0.717) is 6.04 Å². The molecule has 1 aromatic heterocycles. The number of nitrogens with one attached hydrogen (secondary N) is 1. The molecule has 18 heavy (non-hydrogen) atoms. The van der Waals surface area contributed by atoms with Gasteiger partial charge in [-0.15, -0.1) is 0 Å². The first-order chi connectivity index (χ1) is 8.84. The summed E-state index contributed by atoms with van der Waals surface area (Å²) >= 11 is 0. The average molecular weight is 241 g/mol. The smallest absolute Gasteiger partial charge is 0.139 e. The van der Waals surface area contributed by atoms with Crippen LogP contribution in [0.5, 0.6) is 0 Å². The van der Waals surface area contributed by atoms with Crippen LogP contribution in [0.15, 0.2) is 36.7 Å². The number of hydrogen-bond donors (Lipinski definition) is 1. The zero-order valence-electron chi connectivity index (χ0n) is 10.8. The Morgan fingerprint density at radius 1 is 1.22 bits per heavy atom. The van der Waals surface area contributed by atoms with Gasteiger partial charge in [-0.05, 0) is 24.9 Å². The first-order valence-electron chi connectivity index (χ1n) is 6.65. The topological polar surface area (TPSA) is 29.9 Å². The third-order valence-corrected chi connectivity index (χ3v) is 3.70. The maximum absolute atomic E-state index is 4.38. The highest BCUT2D eigenvalue weighted by Gasteiger charge is 2.14. The van der Waals surface area contributed by atoms with E-state index in [1.54, 1.807) is 0 Å². The molecule has 3 nitrogen and oxygen atoms in total. The first-order valence-corrected chi connectivity index (χ1v) is 6.65. The lowest BCUT2D eigenvalue weighted by atomic mass is 9.97. The number of hydrogen-bond acceptors (Lipinski definition) is 2. The monoisotopic (exact) mass is 241 g/mol. The Bertz CT molecular complexity index is 507. The van der Waals surface area contributed by atoms with Gasteiger partial charge in [0.05, 0.1) is 0 Å². The molecule has 1 N–H and O–H groups in total. The second-order valence-electron chi connectivity index (χ2n) is 4.99. The summed E-state index contributed by atoms with van der Waals surface area (Å²) in [6.45, 7) is 1.14. The van der Waals surface area contributed by atoms with Crippen molar-refractivity contribution in [1.29, 1.82) is 0 Å². The predicted molar refractivity (Wildman–Crippen MR) is 73.2 cm³/mol. The van der Waals surface area contributed by atoms with Crippen molar-refractivity contribution in [2.45, 2.75) is 25.3 Å². The van der Waals surface area contributed by atoms with Crippen LogP contribution in [0.1, 0.15) is 30.9 Å². The van der Waals surface area contributed by atoms with Crippen LogP contribution in [0.3, 0.4) is 0 Å². The normalized spacial score (nSPS) is 19.9. The van der Waals surface area contributed by atoms with E-state index in [2.05, 4.69) is 34.6 Å². The largest absolute Gasteiger partial charge is 0.334 e. The molecule has 0 amide bonds. The molecule has 1 aliphatic rings. The van der Waals surface area contributed by atoms with Crippen LogP contribution in [-0.2, 0) is 7.05 Å². The summed E-state index contributed by atoms with van der Waals surface area (Å²) in [6.07, 6.45) is 7.71. The lowest BCUT2D eigenvalue weighted by Crippen LogP contribution is -2.26. The Balaban J connectivity index is 1.82. The third kappa shape index (κ3) is 2.18. The summed E-state index contributed by atoms with van der Waals surface area (Å²) < 4.78 is 2.05. The molecule has 1 fully saturated rings. The van der Waals surface area contributed by atoms with Crippen molar-refractivity contribution >= 4 is 0 Å². The molecule has 3 heteroatoms. The van der Waals surface area contributed by atoms with Crippen molar-refractivity contribution in [1.82, 2.24) is 14.9 Å². The summed E-state index contributed by atoms with van der Waals surface area (Å²) in [5.74, 6) is 1.03. The van der Waals surface area contributed by atoms with Gasteiger partial charge in [-0.2, -0.15) is 0 Å². The van der Waals surface area contributed by atoms with E-state index >= 15 is 0 Å². The van der Waals surface area contributed by atoms with Gasteiger partial charge in [0.2, 0.25) is 0 Å². The molecule has 0 spiro atoms. The fourth-order valence-electron chi connectivity index (χ4n) is 2.64. The van der Waals surface area contributed by atoms with E-state index in [4.69, 9.17) is 0 Å². The Morgan fingerprint density at radius 3 is 2.67 bits per heavy atom. The third-order valence-electron chi connectivity index (χ3n) is 3.70. The van der Waals surface area contributed by atoms with Crippen molar-refractivity contribution < 1.29 is 0 Å². The van der Waals surface area contributed by atoms with E-state index in [0.717, 1.165) is 12.4 Å². The van der Waals surface area contributed by atoms with Crippen LogP contribution in [-0.4, -0.2) is 16.1 Å². The van der Waals surface area contributed by atoms with Gasteiger partial charge in [-0.1, -0.05) is 30.7 Å². The number of aromatic nitrogens is 2. The van der Waals surface area contributed by atoms with Crippen molar-refractivity contribution in [3.63, 3.8) is 0 Å². The molecule has 3 rings (SSSR count). The summed E-state index contributed by atoms with van der Waals surface area (Å²) in [4.78, 5) is 4.38. The maximum Gasteiger partial charge on any atom is 0.139 e.